The molecule has 4 heterocycles. The van der Waals surface area contributed by atoms with Crippen molar-refractivity contribution < 1.29 is 51.6 Å². The fraction of sp³-hybridized carbons (Fsp3) is 0.364. The molecule has 0 spiro atoms. The molecule has 0 saturated carbocycles. The molecule has 3 amide bonds. The number of halogens is 3. The van der Waals surface area contributed by atoms with Crippen molar-refractivity contribution in [1.82, 2.24) is 30.1 Å². The molecule has 0 atom stereocenters. The third-order valence-corrected chi connectivity index (χ3v) is 12.5. The van der Waals surface area contributed by atoms with Crippen molar-refractivity contribution in [2.75, 3.05) is 96.3 Å². The summed E-state index contributed by atoms with van der Waals surface area (Å²) in [7, 11) is 3.00. The van der Waals surface area contributed by atoms with Gasteiger partial charge in [0, 0.05) is 78.4 Å². The van der Waals surface area contributed by atoms with Crippen LogP contribution < -0.4 is 31.7 Å². The monoisotopic (exact) mass is 1030 g/mol. The number of phenolic OH excluding ortho intramolecular Hbond substituents is 1. The Balaban J connectivity index is 0.766. The van der Waals surface area contributed by atoms with E-state index < -0.39 is 12.7 Å². The van der Waals surface area contributed by atoms with E-state index in [2.05, 4.69) is 43.1 Å². The standard InChI is InChI=1S/C55H62F3N9O8/c1-4-42-44(34-64-52(59)51(42)36-10-14-41(68)15-11-36)38-13-17-47(63-33-38)54(71)62-22-26-74-28-30-75-29-27-73-25-20-50(69)66-23-18-39(19-24-66)65-45-8-5-9-48-43(45)32-40(67(48)35-55(56,57)58)7-6-21-61-46-16-12-37(53(70)60-2)31-49(46)72-3/h5,8-17,31-34,39,61,65,68H,4,18-30,35H2,1-3H3,(H2,59,64)(H,60,70)(H,62,71). The number of fused-ring (bicyclic) bond motifs is 1. The van der Waals surface area contributed by atoms with Gasteiger partial charge in [-0.2, -0.15) is 13.2 Å². The number of alkyl halides is 3. The number of amides is 3. The smallest absolute Gasteiger partial charge is 0.406 e. The van der Waals surface area contributed by atoms with Crippen molar-refractivity contribution in [3.8, 4) is 45.6 Å². The van der Waals surface area contributed by atoms with E-state index in [1.165, 1.54) is 18.7 Å². The van der Waals surface area contributed by atoms with Crippen molar-refractivity contribution in [2.24, 2.45) is 0 Å². The Labute approximate surface area is 433 Å². The maximum Gasteiger partial charge on any atom is 0.406 e. The van der Waals surface area contributed by atoms with Gasteiger partial charge in [-0.05, 0) is 90.9 Å². The number of hydrogen-bond acceptors (Lipinski definition) is 13. The summed E-state index contributed by atoms with van der Waals surface area (Å²) in [4.78, 5) is 48.4. The van der Waals surface area contributed by atoms with Crippen LogP contribution in [0.15, 0.2) is 91.3 Å². The number of rotatable bonds is 23. The van der Waals surface area contributed by atoms with Crippen LogP contribution in [-0.2, 0) is 32.0 Å². The van der Waals surface area contributed by atoms with Crippen molar-refractivity contribution in [3.05, 3.63) is 114 Å². The van der Waals surface area contributed by atoms with E-state index in [0.29, 0.717) is 98.2 Å². The van der Waals surface area contributed by atoms with Gasteiger partial charge < -0.3 is 60.5 Å². The number of hydrogen-bond donors (Lipinski definition) is 6. The van der Waals surface area contributed by atoms with Crippen molar-refractivity contribution in [3.63, 3.8) is 0 Å². The summed E-state index contributed by atoms with van der Waals surface area (Å²) in [5.41, 5.74) is 13.1. The zero-order valence-corrected chi connectivity index (χ0v) is 42.1. The molecule has 20 heteroatoms. The Morgan fingerprint density at radius 2 is 1.57 bits per heavy atom. The maximum absolute atomic E-state index is 13.8. The van der Waals surface area contributed by atoms with Crippen LogP contribution in [-0.4, -0.2) is 134 Å². The zero-order valence-electron chi connectivity index (χ0n) is 42.1. The SMILES string of the molecule is CCc1c(-c2ccc(C(=O)NCCOCCOCCOCCC(=O)N3CCC(Nc4cccc5c4cc(C#CCNc4ccc(C(=O)NC)cc4OC)n5CC(F)(F)F)CC3)nc2)cnc(N)c1-c1ccc(O)cc1. The number of carbonyl (C=O) groups is 3. The van der Waals surface area contributed by atoms with Gasteiger partial charge in [0.1, 0.15) is 29.6 Å². The number of nitrogens with two attached hydrogens (primary N) is 1. The Morgan fingerprint density at radius 1 is 0.853 bits per heavy atom. The molecular weight excluding hydrogens is 972 g/mol. The van der Waals surface area contributed by atoms with Crippen LogP contribution in [0.25, 0.3) is 33.2 Å². The van der Waals surface area contributed by atoms with E-state index in [-0.39, 0.29) is 73.6 Å². The minimum atomic E-state index is -4.48. The van der Waals surface area contributed by atoms with Gasteiger partial charge >= 0.3 is 6.18 Å². The number of nitrogens with one attached hydrogen (secondary N) is 4. The van der Waals surface area contributed by atoms with Gasteiger partial charge in [-0.1, -0.05) is 37.1 Å². The third kappa shape index (κ3) is 14.9. The van der Waals surface area contributed by atoms with Crippen LogP contribution in [0.3, 0.4) is 0 Å². The van der Waals surface area contributed by atoms with Crippen molar-refractivity contribution in [1.29, 1.82) is 0 Å². The molecule has 0 bridgehead atoms. The second kappa shape index (κ2) is 26.4. The number of phenols is 1. The number of anilines is 3. The first-order chi connectivity index (χ1) is 36.3. The number of methoxy groups -OCH3 is 1. The fourth-order valence-electron chi connectivity index (χ4n) is 8.76. The van der Waals surface area contributed by atoms with Crippen LogP contribution in [0.2, 0.25) is 0 Å². The second-order valence-electron chi connectivity index (χ2n) is 17.5. The number of likely N-dealkylation sites (tertiary alicyclic amines) is 1. The van der Waals surface area contributed by atoms with Gasteiger partial charge in [0.05, 0.1) is 76.6 Å². The number of nitrogens with zero attached hydrogens (tertiary/aromatic N) is 4. The Bertz CT molecular complexity index is 2970. The molecule has 1 saturated heterocycles. The lowest BCUT2D eigenvalue weighted by atomic mass is 9.92. The number of benzene rings is 3. The number of aromatic nitrogens is 3. The number of aromatic hydroxyl groups is 1. The Kier molecular flexibility index (Phi) is 19.3. The zero-order chi connectivity index (χ0) is 53.3. The van der Waals surface area contributed by atoms with Gasteiger partial charge in [-0.15, -0.1) is 0 Å². The van der Waals surface area contributed by atoms with Crippen molar-refractivity contribution >= 4 is 45.8 Å². The lowest BCUT2D eigenvalue weighted by Gasteiger charge is -2.33. The van der Waals surface area contributed by atoms with E-state index in [0.717, 1.165) is 27.8 Å². The lowest BCUT2D eigenvalue weighted by molar-refractivity contribution is -0.140. The topological polar surface area (TPSA) is 216 Å². The first-order valence-corrected chi connectivity index (χ1v) is 24.7. The molecule has 0 aliphatic carbocycles. The summed E-state index contributed by atoms with van der Waals surface area (Å²) < 4.78 is 65.0. The molecule has 6 aromatic rings. The molecule has 3 aromatic heterocycles. The van der Waals surface area contributed by atoms with Gasteiger partial charge in [-0.3, -0.25) is 19.4 Å². The molecule has 396 valence electrons. The van der Waals surface area contributed by atoms with Gasteiger partial charge in [0.15, 0.2) is 0 Å². The lowest BCUT2D eigenvalue weighted by Crippen LogP contribution is -2.42. The second-order valence-corrected chi connectivity index (χ2v) is 17.5. The summed E-state index contributed by atoms with van der Waals surface area (Å²) in [6.45, 7) is 4.04. The predicted molar refractivity (Wildman–Crippen MR) is 281 cm³/mol. The molecule has 7 N–H and O–H groups in total. The molecule has 0 unspecified atom stereocenters. The molecule has 17 nitrogen and oxygen atoms in total. The quantitative estimate of drug-likeness (QED) is 0.0275. The van der Waals surface area contributed by atoms with Gasteiger partial charge in [0.25, 0.3) is 11.8 Å². The summed E-state index contributed by atoms with van der Waals surface area (Å²) in [6.07, 6.45) is 1.06. The molecule has 1 aliphatic heterocycles. The first-order valence-electron chi connectivity index (χ1n) is 24.7. The Morgan fingerprint density at radius 3 is 2.25 bits per heavy atom. The van der Waals surface area contributed by atoms with E-state index in [9.17, 15) is 32.7 Å². The average molecular weight is 1030 g/mol. The number of ether oxygens (including phenoxy) is 4. The van der Waals surface area contributed by atoms with Crippen LogP contribution >= 0.6 is 0 Å². The molecule has 1 aliphatic rings. The number of carbonyl (C=O) groups excluding carboxylic acids is 3. The summed E-state index contributed by atoms with van der Waals surface area (Å²) in [6, 6.07) is 22.0. The van der Waals surface area contributed by atoms with Crippen LogP contribution in [0.1, 0.15) is 58.3 Å². The number of pyridine rings is 2. The highest BCUT2D eigenvalue weighted by atomic mass is 19.4. The summed E-state index contributed by atoms with van der Waals surface area (Å²) in [5, 5.41) is 22.3. The van der Waals surface area contributed by atoms with E-state index >= 15 is 0 Å². The predicted octanol–water partition coefficient (Wildman–Crippen LogP) is 7.28. The minimum Gasteiger partial charge on any atom is -0.508 e. The highest BCUT2D eigenvalue weighted by molar-refractivity contribution is 5.96. The molecule has 0 radical (unpaired) electrons. The molecule has 3 aromatic carbocycles. The molecule has 75 heavy (non-hydrogen) atoms. The van der Waals surface area contributed by atoms with Gasteiger partial charge in [-0.25, -0.2) is 4.98 Å². The highest BCUT2D eigenvalue weighted by Crippen LogP contribution is 2.37. The van der Waals surface area contributed by atoms with Crippen LogP contribution in [0.5, 0.6) is 11.5 Å². The summed E-state index contributed by atoms with van der Waals surface area (Å²) >= 11 is 0. The fourth-order valence-corrected chi connectivity index (χ4v) is 8.76. The van der Waals surface area contributed by atoms with E-state index in [1.54, 1.807) is 84.0 Å². The normalized spacial score (nSPS) is 12.7. The number of piperidine rings is 1. The largest absolute Gasteiger partial charge is 0.508 e. The van der Waals surface area contributed by atoms with Crippen LogP contribution in [0, 0.1) is 11.8 Å². The van der Waals surface area contributed by atoms with Crippen molar-refractivity contribution in [2.45, 2.75) is 51.4 Å². The number of nitrogen functional groups attached to an aromatic ring is 1. The highest BCUT2D eigenvalue weighted by Gasteiger charge is 2.30. The average Bonchev–Trinajstić information content (AvgIpc) is 3.76. The Hall–Kier alpha value is -7.86. The minimum absolute atomic E-state index is 0.00429. The van der Waals surface area contributed by atoms with Crippen LogP contribution in [0.4, 0.5) is 30.4 Å². The third-order valence-electron chi connectivity index (χ3n) is 12.5. The molecule has 1 fully saturated rings. The maximum atomic E-state index is 13.8. The summed E-state index contributed by atoms with van der Waals surface area (Å²) in [5.74, 6) is 6.18. The molecule has 7 rings (SSSR count). The van der Waals surface area contributed by atoms with E-state index in [4.69, 9.17) is 24.7 Å². The van der Waals surface area contributed by atoms with Gasteiger partial charge in [0.2, 0.25) is 5.91 Å². The first kappa shape index (κ1) is 54.9. The van der Waals surface area contributed by atoms with E-state index in [1.807, 2.05) is 19.1 Å². The molecular formula is C55H62F3N9O8.